The van der Waals surface area contributed by atoms with Gasteiger partial charge in [0.1, 0.15) is 5.82 Å². The molecule has 0 spiro atoms. The van der Waals surface area contributed by atoms with Gasteiger partial charge in [-0.1, -0.05) is 11.6 Å². The number of halogens is 2. The van der Waals surface area contributed by atoms with Crippen LogP contribution >= 0.6 is 11.6 Å². The number of hydrogen-bond acceptors (Lipinski definition) is 3. The number of rotatable bonds is 2. The second-order valence-corrected chi connectivity index (χ2v) is 3.66. The van der Waals surface area contributed by atoms with Gasteiger partial charge in [0.2, 0.25) is 0 Å². The van der Waals surface area contributed by atoms with Gasteiger partial charge in [0.15, 0.2) is 0 Å². The normalized spacial score (nSPS) is 9.88. The number of benzene rings is 1. The number of aryl methyl sites for hydroxylation is 1. The summed E-state index contributed by atoms with van der Waals surface area (Å²) in [5, 5.41) is 2.33. The van der Waals surface area contributed by atoms with Crippen LogP contribution in [0.5, 0.6) is 0 Å². The van der Waals surface area contributed by atoms with Gasteiger partial charge in [-0.2, -0.15) is 0 Å². The van der Waals surface area contributed by atoms with E-state index in [1.54, 1.807) is 6.92 Å². The molecule has 6 heteroatoms. The van der Waals surface area contributed by atoms with Gasteiger partial charge in [-0.15, -0.1) is 0 Å². The van der Waals surface area contributed by atoms with Crippen LogP contribution in [0.1, 0.15) is 12.5 Å². The summed E-state index contributed by atoms with van der Waals surface area (Å²) in [6, 6.07) is 2.41. The topological polar surface area (TPSA) is 55.4 Å². The third-order valence-corrected chi connectivity index (χ3v) is 2.27. The van der Waals surface area contributed by atoms with Gasteiger partial charge in [0, 0.05) is 0 Å². The smallest absolute Gasteiger partial charge is 0.397 e. The van der Waals surface area contributed by atoms with Crippen LogP contribution in [0.3, 0.4) is 0 Å². The zero-order valence-electron chi connectivity index (χ0n) is 9.34. The van der Waals surface area contributed by atoms with Gasteiger partial charge in [-0.3, -0.25) is 4.79 Å². The molecule has 0 heterocycles. The van der Waals surface area contributed by atoms with E-state index in [0.717, 1.165) is 6.07 Å². The third kappa shape index (κ3) is 3.42. The predicted octanol–water partition coefficient (Wildman–Crippen LogP) is 2.29. The molecule has 0 bridgehead atoms. The Kier molecular flexibility index (Phi) is 4.45. The molecular weight excluding hydrogens is 249 g/mol. The Morgan fingerprint density at radius 3 is 2.71 bits per heavy atom. The van der Waals surface area contributed by atoms with Gasteiger partial charge in [-0.25, -0.2) is 9.18 Å². The van der Waals surface area contributed by atoms with Gasteiger partial charge >= 0.3 is 11.9 Å². The molecule has 0 fully saturated rings. The Balaban J connectivity index is 2.85. The SMILES string of the molecule is CCOC(=O)C(=O)Nc1cc(F)c(C)cc1Cl. The zero-order valence-corrected chi connectivity index (χ0v) is 10.1. The highest BCUT2D eigenvalue weighted by molar-refractivity contribution is 6.39. The van der Waals surface area contributed by atoms with Crippen molar-refractivity contribution < 1.29 is 18.7 Å². The van der Waals surface area contributed by atoms with E-state index in [0.29, 0.717) is 5.56 Å². The number of hydrogen-bond donors (Lipinski definition) is 1. The first-order valence-electron chi connectivity index (χ1n) is 4.89. The van der Waals surface area contributed by atoms with E-state index in [4.69, 9.17) is 11.6 Å². The minimum atomic E-state index is -1.04. The number of carbonyl (C=O) groups excluding carboxylic acids is 2. The Bertz CT molecular complexity index is 462. The molecule has 0 aromatic heterocycles. The maximum Gasteiger partial charge on any atom is 0.397 e. The molecule has 0 aliphatic heterocycles. The standard InChI is InChI=1S/C11H11ClFNO3/c1-3-17-11(16)10(15)14-9-5-8(13)6(2)4-7(9)12/h4-5H,3H2,1-2H3,(H,14,15). The first kappa shape index (κ1) is 13.4. The van der Waals surface area contributed by atoms with Crippen molar-refractivity contribution in [1.82, 2.24) is 0 Å². The quantitative estimate of drug-likeness (QED) is 0.655. The fraction of sp³-hybridized carbons (Fsp3) is 0.273. The number of carbonyl (C=O) groups is 2. The molecule has 1 aromatic rings. The second kappa shape index (κ2) is 5.63. The minimum absolute atomic E-state index is 0.0350. The van der Waals surface area contributed by atoms with Gasteiger partial charge in [0.05, 0.1) is 17.3 Å². The molecule has 0 radical (unpaired) electrons. The Hall–Kier alpha value is -1.62. The fourth-order valence-electron chi connectivity index (χ4n) is 1.11. The van der Waals surface area contributed by atoms with Crippen LogP contribution < -0.4 is 5.32 Å². The number of ether oxygens (including phenoxy) is 1. The van der Waals surface area contributed by atoms with Crippen LogP contribution in [-0.4, -0.2) is 18.5 Å². The summed E-state index contributed by atoms with van der Waals surface area (Å²) in [6.45, 7) is 3.20. The average Bonchev–Trinajstić information content (AvgIpc) is 2.26. The molecule has 17 heavy (non-hydrogen) atoms. The summed E-state index contributed by atoms with van der Waals surface area (Å²) in [6.07, 6.45) is 0. The molecule has 0 saturated heterocycles. The number of esters is 1. The molecule has 1 N–H and O–H groups in total. The molecule has 0 unspecified atom stereocenters. The molecule has 0 atom stereocenters. The summed E-state index contributed by atoms with van der Waals surface area (Å²) < 4.78 is 17.7. The van der Waals surface area contributed by atoms with E-state index in [2.05, 4.69) is 10.1 Å². The Morgan fingerprint density at radius 2 is 2.12 bits per heavy atom. The molecule has 0 aliphatic carbocycles. The van der Waals surface area contributed by atoms with Gasteiger partial charge in [-0.05, 0) is 31.5 Å². The molecule has 4 nitrogen and oxygen atoms in total. The summed E-state index contributed by atoms with van der Waals surface area (Å²) in [7, 11) is 0. The van der Waals surface area contributed by atoms with E-state index < -0.39 is 17.7 Å². The lowest BCUT2D eigenvalue weighted by Gasteiger charge is -2.08. The van der Waals surface area contributed by atoms with Crippen LogP contribution in [0.4, 0.5) is 10.1 Å². The van der Waals surface area contributed by atoms with Crippen molar-refractivity contribution in [3.05, 3.63) is 28.5 Å². The number of amides is 1. The van der Waals surface area contributed by atoms with E-state index in [1.807, 2.05) is 0 Å². The monoisotopic (exact) mass is 259 g/mol. The van der Waals surface area contributed by atoms with Crippen LogP contribution in [0.2, 0.25) is 5.02 Å². The van der Waals surface area contributed by atoms with Gasteiger partial charge in [0.25, 0.3) is 0 Å². The van der Waals surface area contributed by atoms with Crippen molar-refractivity contribution in [1.29, 1.82) is 0 Å². The molecule has 92 valence electrons. The lowest BCUT2D eigenvalue weighted by atomic mass is 10.2. The molecule has 1 rings (SSSR count). The highest BCUT2D eigenvalue weighted by Gasteiger charge is 2.17. The Labute approximate surface area is 103 Å². The van der Waals surface area contributed by atoms with E-state index in [1.165, 1.54) is 13.0 Å². The van der Waals surface area contributed by atoms with Crippen molar-refractivity contribution >= 4 is 29.2 Å². The van der Waals surface area contributed by atoms with Crippen LogP contribution in [0.25, 0.3) is 0 Å². The molecule has 1 aromatic carbocycles. The van der Waals surface area contributed by atoms with Crippen molar-refractivity contribution in [2.24, 2.45) is 0 Å². The minimum Gasteiger partial charge on any atom is -0.459 e. The summed E-state index contributed by atoms with van der Waals surface area (Å²) in [5.74, 6) is -2.55. The van der Waals surface area contributed by atoms with Crippen LogP contribution in [0, 0.1) is 12.7 Å². The van der Waals surface area contributed by atoms with Crippen molar-refractivity contribution in [2.45, 2.75) is 13.8 Å². The maximum absolute atomic E-state index is 13.2. The molecular formula is C11H11ClFNO3. The van der Waals surface area contributed by atoms with Crippen molar-refractivity contribution in [2.75, 3.05) is 11.9 Å². The summed E-state index contributed by atoms with van der Waals surface area (Å²) in [4.78, 5) is 22.3. The van der Waals surface area contributed by atoms with Crippen LogP contribution in [-0.2, 0) is 14.3 Å². The van der Waals surface area contributed by atoms with E-state index >= 15 is 0 Å². The lowest BCUT2D eigenvalue weighted by molar-refractivity contribution is -0.152. The van der Waals surface area contributed by atoms with Crippen molar-refractivity contribution in [3.63, 3.8) is 0 Å². The summed E-state index contributed by atoms with van der Waals surface area (Å²) >= 11 is 5.79. The second-order valence-electron chi connectivity index (χ2n) is 3.26. The maximum atomic E-state index is 13.2. The van der Waals surface area contributed by atoms with Crippen LogP contribution in [0.15, 0.2) is 12.1 Å². The average molecular weight is 260 g/mol. The number of nitrogens with one attached hydrogen (secondary N) is 1. The highest BCUT2D eigenvalue weighted by atomic mass is 35.5. The molecule has 0 aliphatic rings. The lowest BCUT2D eigenvalue weighted by Crippen LogP contribution is -2.25. The molecule has 1 amide bonds. The van der Waals surface area contributed by atoms with E-state index in [-0.39, 0.29) is 17.3 Å². The fourth-order valence-corrected chi connectivity index (χ4v) is 1.38. The van der Waals surface area contributed by atoms with Crippen molar-refractivity contribution in [3.8, 4) is 0 Å². The number of anilines is 1. The van der Waals surface area contributed by atoms with E-state index in [9.17, 15) is 14.0 Å². The zero-order chi connectivity index (χ0) is 13.0. The Morgan fingerprint density at radius 1 is 1.47 bits per heavy atom. The first-order chi connectivity index (χ1) is 7.95. The summed E-state index contributed by atoms with van der Waals surface area (Å²) in [5.41, 5.74) is 0.386. The highest BCUT2D eigenvalue weighted by Crippen LogP contribution is 2.25. The predicted molar refractivity (Wildman–Crippen MR) is 61.4 cm³/mol. The molecule has 0 saturated carbocycles. The third-order valence-electron chi connectivity index (χ3n) is 1.96. The largest absolute Gasteiger partial charge is 0.459 e. The first-order valence-corrected chi connectivity index (χ1v) is 5.27. The van der Waals surface area contributed by atoms with Gasteiger partial charge < -0.3 is 10.1 Å².